The molecule has 1 aromatic rings. The Hall–Kier alpha value is -1.73. The maximum atomic E-state index is 13.2. The summed E-state index contributed by atoms with van der Waals surface area (Å²) < 4.78 is 78.1. The van der Waals surface area contributed by atoms with Crippen molar-refractivity contribution in [2.45, 2.75) is 19.7 Å². The van der Waals surface area contributed by atoms with Gasteiger partial charge in [-0.3, -0.25) is 4.79 Å². The first-order valence-electron chi connectivity index (χ1n) is 4.49. The van der Waals surface area contributed by atoms with Crippen LogP contribution in [0.1, 0.15) is 22.8 Å². The van der Waals surface area contributed by atoms with Gasteiger partial charge in [-0.2, -0.15) is 22.0 Å². The van der Waals surface area contributed by atoms with Crippen molar-refractivity contribution < 1.29 is 35.9 Å². The van der Waals surface area contributed by atoms with Crippen LogP contribution in [-0.4, -0.2) is 12.4 Å². The second-order valence-electron chi connectivity index (χ2n) is 3.26. The van der Waals surface area contributed by atoms with E-state index in [2.05, 4.69) is 4.74 Å². The van der Waals surface area contributed by atoms with Crippen molar-refractivity contribution in [3.05, 3.63) is 29.1 Å². The van der Waals surface area contributed by atoms with Crippen LogP contribution < -0.4 is 4.74 Å². The summed E-state index contributed by atoms with van der Waals surface area (Å²) in [4.78, 5) is 10.9. The Morgan fingerprint density at radius 1 is 1.28 bits per heavy atom. The Morgan fingerprint density at radius 2 is 1.83 bits per heavy atom. The smallest absolute Gasteiger partial charge is 0.417 e. The molecule has 1 aromatic carbocycles. The lowest BCUT2D eigenvalue weighted by molar-refractivity contribution is -0.138. The molecule has 100 valence electrons. The lowest BCUT2D eigenvalue weighted by atomic mass is 10.0. The van der Waals surface area contributed by atoms with Crippen molar-refractivity contribution >= 4 is 5.78 Å². The van der Waals surface area contributed by atoms with Gasteiger partial charge in [0.15, 0.2) is 17.3 Å². The number of hydrogen-bond donors (Lipinski definition) is 0. The number of alkyl halides is 5. The topological polar surface area (TPSA) is 26.3 Å². The summed E-state index contributed by atoms with van der Waals surface area (Å²) in [5.74, 6) is -3.76. The van der Waals surface area contributed by atoms with E-state index in [4.69, 9.17) is 0 Å². The van der Waals surface area contributed by atoms with Crippen molar-refractivity contribution in [2.75, 3.05) is 0 Å². The first-order chi connectivity index (χ1) is 8.12. The van der Waals surface area contributed by atoms with Gasteiger partial charge >= 0.3 is 12.8 Å². The molecule has 1 rings (SSSR count). The Kier molecular flexibility index (Phi) is 3.88. The van der Waals surface area contributed by atoms with Crippen LogP contribution >= 0.6 is 0 Å². The van der Waals surface area contributed by atoms with E-state index in [9.17, 15) is 31.1 Å². The molecule has 0 aromatic heterocycles. The lowest BCUT2D eigenvalue weighted by Crippen LogP contribution is -2.14. The molecular formula is C10H6F6O2. The number of hydrogen-bond acceptors (Lipinski definition) is 2. The van der Waals surface area contributed by atoms with E-state index in [0.29, 0.717) is 0 Å². The van der Waals surface area contributed by atoms with Crippen LogP contribution in [0.25, 0.3) is 0 Å². The summed E-state index contributed by atoms with van der Waals surface area (Å²) in [6.07, 6.45) is -4.98. The van der Waals surface area contributed by atoms with Gasteiger partial charge in [0.1, 0.15) is 0 Å². The van der Waals surface area contributed by atoms with Gasteiger partial charge in [-0.1, -0.05) is 0 Å². The third kappa shape index (κ3) is 3.14. The van der Waals surface area contributed by atoms with Gasteiger partial charge in [-0.05, 0) is 19.1 Å². The molecule has 0 saturated carbocycles. The third-order valence-electron chi connectivity index (χ3n) is 1.97. The van der Waals surface area contributed by atoms with E-state index in [-0.39, 0.29) is 12.1 Å². The highest BCUT2D eigenvalue weighted by Gasteiger charge is 2.36. The number of carbonyl (C=O) groups is 1. The monoisotopic (exact) mass is 272 g/mol. The van der Waals surface area contributed by atoms with Crippen LogP contribution in [0.4, 0.5) is 26.3 Å². The van der Waals surface area contributed by atoms with Crippen LogP contribution in [0.2, 0.25) is 0 Å². The fraction of sp³-hybridized carbons (Fsp3) is 0.300. The standard InChI is InChI=1S/C10H6F6O2/c1-4(17)5-2-7(11)8(18-9(12)13)3-6(5)10(14,15)16/h2-3,9H,1H3. The van der Waals surface area contributed by atoms with Gasteiger partial charge in [0, 0.05) is 5.56 Å². The number of halogens is 6. The summed E-state index contributed by atoms with van der Waals surface area (Å²) in [5.41, 5.74) is -2.46. The highest BCUT2D eigenvalue weighted by Crippen LogP contribution is 2.36. The molecule has 0 atom stereocenters. The lowest BCUT2D eigenvalue weighted by Gasteiger charge is -2.14. The maximum Gasteiger partial charge on any atom is 0.417 e. The first kappa shape index (κ1) is 14.3. The van der Waals surface area contributed by atoms with Crippen molar-refractivity contribution in [3.63, 3.8) is 0 Å². The van der Waals surface area contributed by atoms with E-state index in [1.54, 1.807) is 0 Å². The van der Waals surface area contributed by atoms with Gasteiger partial charge in [0.2, 0.25) is 0 Å². The molecule has 0 bridgehead atoms. The first-order valence-corrected chi connectivity index (χ1v) is 4.49. The number of Topliss-reactive ketones (excluding diaryl/α,β-unsaturated/α-hetero) is 1. The zero-order chi connectivity index (χ0) is 14.1. The molecule has 2 nitrogen and oxygen atoms in total. The van der Waals surface area contributed by atoms with E-state index in [1.165, 1.54) is 0 Å². The number of ketones is 1. The second kappa shape index (κ2) is 4.87. The van der Waals surface area contributed by atoms with Gasteiger partial charge in [-0.25, -0.2) is 4.39 Å². The Bertz CT molecular complexity index is 466. The molecule has 0 saturated heterocycles. The highest BCUT2D eigenvalue weighted by atomic mass is 19.4. The number of carbonyl (C=O) groups excluding carboxylic acids is 1. The van der Waals surface area contributed by atoms with Crippen molar-refractivity contribution in [1.29, 1.82) is 0 Å². The van der Waals surface area contributed by atoms with Crippen molar-refractivity contribution in [2.24, 2.45) is 0 Å². The third-order valence-corrected chi connectivity index (χ3v) is 1.97. The normalized spacial score (nSPS) is 11.8. The molecule has 0 N–H and O–H groups in total. The van der Waals surface area contributed by atoms with E-state index >= 15 is 0 Å². The molecule has 0 amide bonds. The Balaban J connectivity index is 3.41. The predicted molar refractivity (Wildman–Crippen MR) is 48.0 cm³/mol. The zero-order valence-corrected chi connectivity index (χ0v) is 8.82. The molecule has 0 spiro atoms. The summed E-state index contributed by atoms with van der Waals surface area (Å²) in [6, 6.07) is 0.265. The molecule has 0 radical (unpaired) electrons. The molecule has 0 unspecified atom stereocenters. The van der Waals surface area contributed by atoms with Gasteiger partial charge in [-0.15, -0.1) is 0 Å². The number of benzene rings is 1. The summed E-state index contributed by atoms with van der Waals surface area (Å²) in [6.45, 7) is -2.67. The molecule has 0 aliphatic rings. The van der Waals surface area contributed by atoms with Crippen molar-refractivity contribution in [3.8, 4) is 5.75 Å². The molecule has 0 aliphatic carbocycles. The molecule has 0 aliphatic heterocycles. The van der Waals surface area contributed by atoms with Crippen LogP contribution in [0.15, 0.2) is 12.1 Å². The minimum Gasteiger partial charge on any atom is -0.432 e. The minimum atomic E-state index is -4.98. The van der Waals surface area contributed by atoms with E-state index in [0.717, 1.165) is 6.92 Å². The number of rotatable bonds is 3. The van der Waals surface area contributed by atoms with Gasteiger partial charge < -0.3 is 4.74 Å². The highest BCUT2D eigenvalue weighted by molar-refractivity contribution is 5.96. The Morgan fingerprint density at radius 3 is 2.22 bits per heavy atom. The average molecular weight is 272 g/mol. The fourth-order valence-electron chi connectivity index (χ4n) is 1.27. The van der Waals surface area contributed by atoms with Crippen LogP contribution in [0.5, 0.6) is 5.75 Å². The molecule has 0 fully saturated rings. The largest absolute Gasteiger partial charge is 0.432 e. The van der Waals surface area contributed by atoms with Crippen LogP contribution in [0.3, 0.4) is 0 Å². The molecule has 0 heterocycles. The van der Waals surface area contributed by atoms with Crippen molar-refractivity contribution in [1.82, 2.24) is 0 Å². The predicted octanol–water partition coefficient (Wildman–Crippen LogP) is 3.65. The maximum absolute atomic E-state index is 13.2. The van der Waals surface area contributed by atoms with Gasteiger partial charge in [0.05, 0.1) is 5.56 Å². The average Bonchev–Trinajstić information content (AvgIpc) is 2.17. The van der Waals surface area contributed by atoms with E-state index < -0.39 is 41.3 Å². The second-order valence-corrected chi connectivity index (χ2v) is 3.26. The molecule has 8 heteroatoms. The summed E-state index contributed by atoms with van der Waals surface area (Å²) >= 11 is 0. The van der Waals surface area contributed by atoms with E-state index in [1.807, 2.05) is 0 Å². The fourth-order valence-corrected chi connectivity index (χ4v) is 1.27. The SMILES string of the molecule is CC(=O)c1cc(F)c(OC(F)F)cc1C(F)(F)F. The molecular weight excluding hydrogens is 266 g/mol. The Labute approximate surface area is 97.2 Å². The molecule has 18 heavy (non-hydrogen) atoms. The quantitative estimate of drug-likeness (QED) is 0.620. The number of ether oxygens (including phenoxy) is 1. The summed E-state index contributed by atoms with van der Waals surface area (Å²) in [7, 11) is 0. The van der Waals surface area contributed by atoms with Crippen LogP contribution in [-0.2, 0) is 6.18 Å². The zero-order valence-electron chi connectivity index (χ0n) is 8.82. The van der Waals surface area contributed by atoms with Gasteiger partial charge in [0.25, 0.3) is 0 Å². The summed E-state index contributed by atoms with van der Waals surface area (Å²) in [5, 5.41) is 0. The van der Waals surface area contributed by atoms with Crippen LogP contribution in [0, 0.1) is 5.82 Å². The minimum absolute atomic E-state index is 0.0399.